The zero-order valence-electron chi connectivity index (χ0n) is 12.7. The van der Waals surface area contributed by atoms with Gasteiger partial charge in [0.15, 0.2) is 0 Å². The lowest BCUT2D eigenvalue weighted by Gasteiger charge is -2.19. The molecule has 3 nitrogen and oxygen atoms in total. The highest BCUT2D eigenvalue weighted by atomic mass is 35.5. The number of anilines is 2. The van der Waals surface area contributed by atoms with Crippen LogP contribution in [0.15, 0.2) is 36.4 Å². The summed E-state index contributed by atoms with van der Waals surface area (Å²) in [4.78, 5) is 13.8. The molecule has 0 heterocycles. The summed E-state index contributed by atoms with van der Waals surface area (Å²) in [6, 6.07) is 8.00. The van der Waals surface area contributed by atoms with Crippen LogP contribution in [0.4, 0.5) is 24.5 Å². The van der Waals surface area contributed by atoms with Crippen LogP contribution in [0.2, 0.25) is 10.0 Å². The number of halogens is 5. The Morgan fingerprint density at radius 2 is 1.79 bits per heavy atom. The van der Waals surface area contributed by atoms with E-state index in [9.17, 15) is 18.0 Å². The van der Waals surface area contributed by atoms with E-state index in [1.807, 2.05) is 0 Å². The maximum atomic E-state index is 13.3. The predicted octanol–water partition coefficient (Wildman–Crippen LogP) is 5.33. The Morgan fingerprint density at radius 3 is 2.38 bits per heavy atom. The SMILES string of the molecule is CN(C)c1ccc(NC(=O)c2cccc(Cl)c2Cl)c(C(F)(F)F)c1. The van der Waals surface area contributed by atoms with Crippen LogP contribution in [-0.2, 0) is 6.18 Å². The maximum Gasteiger partial charge on any atom is 0.418 e. The van der Waals surface area contributed by atoms with E-state index >= 15 is 0 Å². The minimum Gasteiger partial charge on any atom is -0.378 e. The normalized spacial score (nSPS) is 11.3. The van der Waals surface area contributed by atoms with Gasteiger partial charge in [-0.3, -0.25) is 4.79 Å². The molecule has 0 aliphatic carbocycles. The molecule has 0 saturated heterocycles. The molecule has 128 valence electrons. The number of nitrogens with one attached hydrogen (secondary N) is 1. The minimum atomic E-state index is -4.62. The highest BCUT2D eigenvalue weighted by molar-refractivity contribution is 6.44. The number of hydrogen-bond acceptors (Lipinski definition) is 2. The Balaban J connectivity index is 2.42. The van der Waals surface area contributed by atoms with E-state index in [0.717, 1.165) is 6.07 Å². The average Bonchev–Trinajstić information content (AvgIpc) is 2.49. The van der Waals surface area contributed by atoms with Gasteiger partial charge in [-0.25, -0.2) is 0 Å². The number of hydrogen-bond donors (Lipinski definition) is 1. The molecule has 1 amide bonds. The molecule has 0 bridgehead atoms. The van der Waals surface area contributed by atoms with E-state index in [1.54, 1.807) is 14.1 Å². The van der Waals surface area contributed by atoms with Gasteiger partial charge < -0.3 is 10.2 Å². The van der Waals surface area contributed by atoms with Crippen molar-refractivity contribution in [1.29, 1.82) is 0 Å². The third-order valence-corrected chi connectivity index (χ3v) is 4.09. The van der Waals surface area contributed by atoms with Gasteiger partial charge in [0.2, 0.25) is 0 Å². The number of amides is 1. The second-order valence-corrected chi connectivity index (χ2v) is 5.96. The third-order valence-electron chi connectivity index (χ3n) is 3.27. The molecular formula is C16H13Cl2F3N2O. The first-order chi connectivity index (χ1) is 11.1. The summed E-state index contributed by atoms with van der Waals surface area (Å²) < 4.78 is 39.8. The number of rotatable bonds is 3. The van der Waals surface area contributed by atoms with Gasteiger partial charge in [-0.1, -0.05) is 29.3 Å². The lowest BCUT2D eigenvalue weighted by Crippen LogP contribution is -2.18. The summed E-state index contributed by atoms with van der Waals surface area (Å²) in [5.41, 5.74) is -0.940. The molecule has 0 radical (unpaired) electrons. The molecule has 0 aliphatic heterocycles. The zero-order valence-corrected chi connectivity index (χ0v) is 14.2. The first-order valence-corrected chi connectivity index (χ1v) is 7.51. The van der Waals surface area contributed by atoms with Crippen LogP contribution in [0.25, 0.3) is 0 Å². The lowest BCUT2D eigenvalue weighted by molar-refractivity contribution is -0.136. The van der Waals surface area contributed by atoms with Crippen LogP contribution in [0, 0.1) is 0 Å². The second-order valence-electron chi connectivity index (χ2n) is 5.18. The fraction of sp³-hybridized carbons (Fsp3) is 0.188. The van der Waals surface area contributed by atoms with Gasteiger partial charge in [0.05, 0.1) is 26.9 Å². The Kier molecular flexibility index (Phi) is 5.30. The van der Waals surface area contributed by atoms with Crippen LogP contribution in [0.1, 0.15) is 15.9 Å². The molecule has 1 N–H and O–H groups in total. The molecule has 0 aromatic heterocycles. The van der Waals surface area contributed by atoms with Crippen molar-refractivity contribution in [2.24, 2.45) is 0 Å². The summed E-state index contributed by atoms with van der Waals surface area (Å²) in [5.74, 6) is -0.773. The van der Waals surface area contributed by atoms with Crippen LogP contribution < -0.4 is 10.2 Å². The average molecular weight is 377 g/mol. The van der Waals surface area contributed by atoms with Crippen molar-refractivity contribution in [3.8, 4) is 0 Å². The standard InChI is InChI=1S/C16H13Cl2F3N2O/c1-23(2)9-6-7-13(11(8-9)16(19,20)21)22-15(24)10-4-3-5-12(17)14(10)18/h3-8H,1-2H3,(H,22,24). The summed E-state index contributed by atoms with van der Waals surface area (Å²) in [5, 5.41) is 2.37. The maximum absolute atomic E-state index is 13.3. The van der Waals surface area contributed by atoms with Gasteiger partial charge >= 0.3 is 6.18 Å². The van der Waals surface area contributed by atoms with Crippen molar-refractivity contribution in [1.82, 2.24) is 0 Å². The van der Waals surface area contributed by atoms with Crippen LogP contribution >= 0.6 is 23.2 Å². The van der Waals surface area contributed by atoms with E-state index in [2.05, 4.69) is 5.32 Å². The first-order valence-electron chi connectivity index (χ1n) is 6.75. The number of carbonyl (C=O) groups excluding carboxylic acids is 1. The Hall–Kier alpha value is -1.92. The van der Waals surface area contributed by atoms with Gasteiger partial charge in [-0.2, -0.15) is 13.2 Å². The van der Waals surface area contributed by atoms with Gasteiger partial charge in [-0.15, -0.1) is 0 Å². The second kappa shape index (κ2) is 6.91. The molecule has 2 aromatic carbocycles. The molecule has 0 atom stereocenters. The van der Waals surface area contributed by atoms with Crippen molar-refractivity contribution in [3.05, 3.63) is 57.6 Å². The van der Waals surface area contributed by atoms with Crippen LogP contribution in [0.5, 0.6) is 0 Å². The lowest BCUT2D eigenvalue weighted by atomic mass is 10.1. The van der Waals surface area contributed by atoms with Crippen molar-refractivity contribution in [2.45, 2.75) is 6.18 Å². The molecule has 8 heteroatoms. The van der Waals surface area contributed by atoms with Crippen molar-refractivity contribution in [2.75, 3.05) is 24.3 Å². The van der Waals surface area contributed by atoms with E-state index < -0.39 is 17.6 Å². The van der Waals surface area contributed by atoms with Gasteiger partial charge in [0.1, 0.15) is 0 Å². The molecule has 24 heavy (non-hydrogen) atoms. The first kappa shape index (κ1) is 18.4. The molecule has 2 aromatic rings. The van der Waals surface area contributed by atoms with Gasteiger partial charge in [-0.05, 0) is 30.3 Å². The molecule has 0 saturated carbocycles. The summed E-state index contributed by atoms with van der Waals surface area (Å²) in [6.45, 7) is 0. The van der Waals surface area contributed by atoms with E-state index in [-0.39, 0.29) is 21.3 Å². The Bertz CT molecular complexity index is 776. The molecule has 2 rings (SSSR count). The van der Waals surface area contributed by atoms with Gasteiger partial charge in [0.25, 0.3) is 5.91 Å². The summed E-state index contributed by atoms with van der Waals surface area (Å²) in [7, 11) is 3.25. The monoisotopic (exact) mass is 376 g/mol. The fourth-order valence-electron chi connectivity index (χ4n) is 2.02. The van der Waals surface area contributed by atoms with Crippen LogP contribution in [0.3, 0.4) is 0 Å². The largest absolute Gasteiger partial charge is 0.418 e. The molecular weight excluding hydrogens is 364 g/mol. The quantitative estimate of drug-likeness (QED) is 0.784. The molecule has 0 fully saturated rings. The van der Waals surface area contributed by atoms with Crippen LogP contribution in [-0.4, -0.2) is 20.0 Å². The number of carbonyl (C=O) groups is 1. The third kappa shape index (κ3) is 3.94. The Morgan fingerprint density at radius 1 is 1.12 bits per heavy atom. The topological polar surface area (TPSA) is 32.3 Å². The van der Waals surface area contributed by atoms with E-state index in [4.69, 9.17) is 23.2 Å². The minimum absolute atomic E-state index is 0.00558. The predicted molar refractivity (Wildman–Crippen MR) is 90.2 cm³/mol. The van der Waals surface area contributed by atoms with E-state index in [0.29, 0.717) is 5.69 Å². The van der Waals surface area contributed by atoms with Crippen molar-refractivity contribution >= 4 is 40.5 Å². The molecule has 0 aliphatic rings. The smallest absolute Gasteiger partial charge is 0.378 e. The number of alkyl halides is 3. The number of nitrogens with zero attached hydrogens (tertiary/aromatic N) is 1. The fourth-order valence-corrected chi connectivity index (χ4v) is 2.41. The Labute approximate surface area is 147 Å². The van der Waals surface area contributed by atoms with Crippen molar-refractivity contribution < 1.29 is 18.0 Å². The summed E-state index contributed by atoms with van der Waals surface area (Å²) in [6.07, 6.45) is -4.62. The van der Waals surface area contributed by atoms with E-state index in [1.165, 1.54) is 35.2 Å². The molecule has 0 unspecified atom stereocenters. The highest BCUT2D eigenvalue weighted by Crippen LogP contribution is 2.37. The molecule has 0 spiro atoms. The number of benzene rings is 2. The zero-order chi connectivity index (χ0) is 18.1. The van der Waals surface area contributed by atoms with Crippen molar-refractivity contribution in [3.63, 3.8) is 0 Å². The van der Waals surface area contributed by atoms with Gasteiger partial charge in [0, 0.05) is 19.8 Å². The summed E-state index contributed by atoms with van der Waals surface area (Å²) >= 11 is 11.8. The highest BCUT2D eigenvalue weighted by Gasteiger charge is 2.34.